The highest BCUT2D eigenvalue weighted by Gasteiger charge is 2.29. The van der Waals surface area contributed by atoms with E-state index in [1.807, 2.05) is 0 Å². The van der Waals surface area contributed by atoms with Gasteiger partial charge in [0, 0.05) is 0 Å². The standard InChI is InChI=1S/C12H23NO6S/c1-8(2)6-20(17,18)7-9(10(14)15)13-11(16)19-12(3,4)5/h8-9H,6-7H2,1-5H3,(H,13,16)(H,14,15)/t9-/m0/s1. The van der Waals surface area contributed by atoms with Crippen LogP contribution in [0.25, 0.3) is 0 Å². The Morgan fingerprint density at radius 2 is 1.70 bits per heavy atom. The number of amides is 1. The number of carboxylic acids is 1. The molecule has 2 N–H and O–H groups in total. The molecule has 0 rings (SSSR count). The van der Waals surface area contributed by atoms with Gasteiger partial charge >= 0.3 is 12.1 Å². The third kappa shape index (κ3) is 8.73. The first-order valence-corrected chi connectivity index (χ1v) is 8.07. The first-order chi connectivity index (χ1) is 8.82. The van der Waals surface area contributed by atoms with Crippen LogP contribution in [-0.4, -0.2) is 48.7 Å². The molecule has 0 aliphatic carbocycles. The predicted molar refractivity (Wildman–Crippen MR) is 74.3 cm³/mol. The molecule has 0 unspecified atom stereocenters. The molecular weight excluding hydrogens is 286 g/mol. The lowest BCUT2D eigenvalue weighted by Gasteiger charge is -2.22. The molecule has 0 aliphatic heterocycles. The SMILES string of the molecule is CC(C)CS(=O)(=O)C[C@H](NC(=O)OC(C)(C)C)C(=O)O. The van der Waals surface area contributed by atoms with Crippen LogP contribution in [0.1, 0.15) is 34.6 Å². The fourth-order valence-corrected chi connectivity index (χ4v) is 3.34. The lowest BCUT2D eigenvalue weighted by Crippen LogP contribution is -2.47. The summed E-state index contributed by atoms with van der Waals surface area (Å²) in [7, 11) is -3.57. The zero-order valence-electron chi connectivity index (χ0n) is 12.5. The van der Waals surface area contributed by atoms with Gasteiger partial charge in [-0.25, -0.2) is 18.0 Å². The molecule has 0 heterocycles. The second-order valence-electron chi connectivity index (χ2n) is 6.01. The Morgan fingerprint density at radius 1 is 1.20 bits per heavy atom. The van der Waals surface area contributed by atoms with Crippen molar-refractivity contribution in [1.29, 1.82) is 0 Å². The van der Waals surface area contributed by atoms with Crippen molar-refractivity contribution in [2.75, 3.05) is 11.5 Å². The van der Waals surface area contributed by atoms with E-state index in [9.17, 15) is 18.0 Å². The quantitative estimate of drug-likeness (QED) is 0.758. The number of sulfone groups is 1. The van der Waals surface area contributed by atoms with Gasteiger partial charge in [-0.2, -0.15) is 0 Å². The monoisotopic (exact) mass is 309 g/mol. The van der Waals surface area contributed by atoms with Crippen LogP contribution in [0.4, 0.5) is 4.79 Å². The Labute approximate surface area is 119 Å². The van der Waals surface area contributed by atoms with E-state index in [2.05, 4.69) is 5.32 Å². The lowest BCUT2D eigenvalue weighted by atomic mass is 10.2. The van der Waals surface area contributed by atoms with E-state index >= 15 is 0 Å². The number of aliphatic carboxylic acids is 1. The van der Waals surface area contributed by atoms with Gasteiger partial charge in [-0.1, -0.05) is 13.8 Å². The molecule has 0 saturated carbocycles. The number of ether oxygens (including phenoxy) is 1. The van der Waals surface area contributed by atoms with E-state index in [1.54, 1.807) is 34.6 Å². The minimum atomic E-state index is -3.57. The molecule has 20 heavy (non-hydrogen) atoms. The first-order valence-electron chi connectivity index (χ1n) is 6.25. The summed E-state index contributed by atoms with van der Waals surface area (Å²) in [5, 5.41) is 11.0. The van der Waals surface area contributed by atoms with Gasteiger partial charge in [0.15, 0.2) is 9.84 Å². The van der Waals surface area contributed by atoms with Crippen molar-refractivity contribution in [3.8, 4) is 0 Å². The average molecular weight is 309 g/mol. The minimum Gasteiger partial charge on any atom is -0.480 e. The third-order valence-corrected chi connectivity index (χ3v) is 4.01. The summed E-state index contributed by atoms with van der Waals surface area (Å²) in [6.07, 6.45) is -0.954. The van der Waals surface area contributed by atoms with E-state index in [1.165, 1.54) is 0 Å². The minimum absolute atomic E-state index is 0.115. The van der Waals surface area contributed by atoms with Gasteiger partial charge in [0.2, 0.25) is 0 Å². The van der Waals surface area contributed by atoms with Crippen LogP contribution in [0.5, 0.6) is 0 Å². The zero-order valence-corrected chi connectivity index (χ0v) is 13.3. The van der Waals surface area contributed by atoms with Gasteiger partial charge < -0.3 is 15.2 Å². The summed E-state index contributed by atoms with van der Waals surface area (Å²) in [5.74, 6) is -2.31. The molecule has 0 bridgehead atoms. The summed E-state index contributed by atoms with van der Waals surface area (Å²) in [6.45, 7) is 8.30. The molecule has 0 fully saturated rings. The van der Waals surface area contributed by atoms with Crippen molar-refractivity contribution < 1.29 is 27.9 Å². The highest BCUT2D eigenvalue weighted by atomic mass is 32.2. The maximum absolute atomic E-state index is 11.8. The van der Waals surface area contributed by atoms with E-state index < -0.39 is 39.3 Å². The van der Waals surface area contributed by atoms with E-state index in [0.29, 0.717) is 0 Å². The van der Waals surface area contributed by atoms with Gasteiger partial charge in [-0.15, -0.1) is 0 Å². The Bertz CT molecular complexity index is 449. The van der Waals surface area contributed by atoms with E-state index in [-0.39, 0.29) is 11.7 Å². The lowest BCUT2D eigenvalue weighted by molar-refractivity contribution is -0.138. The fraction of sp³-hybridized carbons (Fsp3) is 0.833. The second-order valence-corrected chi connectivity index (χ2v) is 8.16. The molecule has 1 amide bonds. The molecule has 1 atom stereocenters. The normalized spacial score (nSPS) is 13.9. The summed E-state index contributed by atoms with van der Waals surface area (Å²) in [4.78, 5) is 22.5. The summed E-state index contributed by atoms with van der Waals surface area (Å²) in [6, 6.07) is -1.52. The van der Waals surface area contributed by atoms with Crippen LogP contribution >= 0.6 is 0 Å². The largest absolute Gasteiger partial charge is 0.480 e. The Morgan fingerprint density at radius 3 is 2.05 bits per heavy atom. The second kappa shape index (κ2) is 6.92. The maximum Gasteiger partial charge on any atom is 0.408 e. The Hall–Kier alpha value is -1.31. The topological polar surface area (TPSA) is 110 Å². The van der Waals surface area contributed by atoms with Crippen LogP contribution in [-0.2, 0) is 19.4 Å². The number of alkyl carbamates (subject to hydrolysis) is 1. The number of nitrogens with one attached hydrogen (secondary N) is 1. The van der Waals surface area contributed by atoms with Gasteiger partial charge in [0.1, 0.15) is 11.6 Å². The smallest absolute Gasteiger partial charge is 0.408 e. The molecule has 0 aromatic rings. The zero-order chi connectivity index (χ0) is 16.1. The molecule has 7 nitrogen and oxygen atoms in total. The molecule has 0 spiro atoms. The van der Waals surface area contributed by atoms with Crippen molar-refractivity contribution in [3.05, 3.63) is 0 Å². The van der Waals surface area contributed by atoms with E-state index in [0.717, 1.165) is 0 Å². The summed E-state index contributed by atoms with van der Waals surface area (Å²) >= 11 is 0. The third-order valence-electron chi connectivity index (χ3n) is 2.00. The van der Waals surface area contributed by atoms with Crippen LogP contribution < -0.4 is 5.32 Å². The Balaban J connectivity index is 4.76. The van der Waals surface area contributed by atoms with Gasteiger partial charge in [0.05, 0.1) is 11.5 Å². The molecule has 0 radical (unpaired) electrons. The van der Waals surface area contributed by atoms with Crippen molar-refractivity contribution in [2.45, 2.75) is 46.3 Å². The highest BCUT2D eigenvalue weighted by Crippen LogP contribution is 2.08. The van der Waals surface area contributed by atoms with Crippen molar-refractivity contribution in [2.24, 2.45) is 5.92 Å². The maximum atomic E-state index is 11.8. The first kappa shape index (κ1) is 18.7. The van der Waals surface area contributed by atoms with E-state index in [4.69, 9.17) is 9.84 Å². The molecular formula is C12H23NO6S. The summed E-state index contributed by atoms with van der Waals surface area (Å²) in [5.41, 5.74) is -0.788. The molecule has 118 valence electrons. The Kier molecular flexibility index (Phi) is 6.46. The molecule has 0 aromatic heterocycles. The van der Waals surface area contributed by atoms with Crippen molar-refractivity contribution in [1.82, 2.24) is 5.32 Å². The number of rotatable bonds is 6. The predicted octanol–water partition coefficient (Wildman–Crippen LogP) is 1.04. The number of carbonyl (C=O) groups excluding carboxylic acids is 1. The number of hydrogen-bond acceptors (Lipinski definition) is 5. The van der Waals surface area contributed by atoms with Gasteiger partial charge in [-0.3, -0.25) is 0 Å². The molecule has 0 aliphatic rings. The summed E-state index contributed by atoms with van der Waals surface area (Å²) < 4.78 is 28.4. The van der Waals surface area contributed by atoms with Crippen LogP contribution in [0.2, 0.25) is 0 Å². The molecule has 0 aromatic carbocycles. The van der Waals surface area contributed by atoms with Gasteiger partial charge in [0.25, 0.3) is 0 Å². The average Bonchev–Trinajstić information content (AvgIpc) is 2.09. The van der Waals surface area contributed by atoms with Crippen LogP contribution in [0.3, 0.4) is 0 Å². The molecule has 8 heteroatoms. The fourth-order valence-electron chi connectivity index (χ4n) is 1.45. The number of carboxylic acid groups (broad SMARTS) is 1. The molecule has 0 saturated heterocycles. The van der Waals surface area contributed by atoms with Crippen molar-refractivity contribution in [3.63, 3.8) is 0 Å². The van der Waals surface area contributed by atoms with Gasteiger partial charge in [-0.05, 0) is 26.7 Å². The highest BCUT2D eigenvalue weighted by molar-refractivity contribution is 7.91. The van der Waals surface area contributed by atoms with Crippen LogP contribution in [0, 0.1) is 5.92 Å². The number of hydrogen-bond donors (Lipinski definition) is 2. The van der Waals surface area contributed by atoms with Crippen molar-refractivity contribution >= 4 is 21.9 Å². The van der Waals surface area contributed by atoms with Crippen LogP contribution in [0.15, 0.2) is 0 Å². The number of carbonyl (C=O) groups is 2.